The van der Waals surface area contributed by atoms with E-state index in [0.717, 1.165) is 17.0 Å². The molecule has 2 amide bonds. The molecule has 108 valence electrons. The molecule has 1 aliphatic rings. The van der Waals surface area contributed by atoms with Crippen LogP contribution in [0, 0.1) is 11.8 Å². The van der Waals surface area contributed by atoms with Crippen LogP contribution in [0.15, 0.2) is 29.2 Å². The summed E-state index contributed by atoms with van der Waals surface area (Å²) < 4.78 is 0. The van der Waals surface area contributed by atoms with E-state index in [9.17, 15) is 9.59 Å². The van der Waals surface area contributed by atoms with Crippen molar-refractivity contribution >= 4 is 29.3 Å². The molecular formula is C15H20N2O2S. The van der Waals surface area contributed by atoms with Gasteiger partial charge in [-0.3, -0.25) is 9.59 Å². The SMILES string of the molecule is CSc1ccc(NC(=O)CCNC(=O)[C@H]2C[C@@H]2C)cc1. The van der Waals surface area contributed by atoms with E-state index in [1.165, 1.54) is 0 Å². The van der Waals surface area contributed by atoms with E-state index in [0.29, 0.717) is 18.9 Å². The highest BCUT2D eigenvalue weighted by Crippen LogP contribution is 2.37. The molecule has 0 aromatic heterocycles. The Morgan fingerprint density at radius 3 is 2.50 bits per heavy atom. The maximum Gasteiger partial charge on any atom is 0.226 e. The Balaban J connectivity index is 1.68. The minimum Gasteiger partial charge on any atom is -0.355 e. The molecule has 0 unspecified atom stereocenters. The molecule has 0 aliphatic heterocycles. The van der Waals surface area contributed by atoms with Gasteiger partial charge in [0.1, 0.15) is 0 Å². The van der Waals surface area contributed by atoms with Gasteiger partial charge in [0.2, 0.25) is 11.8 Å². The number of amides is 2. The predicted octanol–water partition coefficient (Wildman–Crippen LogP) is 2.51. The number of carbonyl (C=O) groups excluding carboxylic acids is 2. The third-order valence-corrected chi connectivity index (χ3v) is 4.21. The number of hydrogen-bond donors (Lipinski definition) is 2. The molecule has 2 N–H and O–H groups in total. The number of thioether (sulfide) groups is 1. The maximum absolute atomic E-state index is 11.7. The normalized spacial score (nSPS) is 20.3. The van der Waals surface area contributed by atoms with Crippen molar-refractivity contribution in [1.82, 2.24) is 5.32 Å². The Morgan fingerprint density at radius 2 is 1.95 bits per heavy atom. The lowest BCUT2D eigenvalue weighted by molar-refractivity contribution is -0.122. The van der Waals surface area contributed by atoms with Gasteiger partial charge in [-0.1, -0.05) is 6.92 Å². The van der Waals surface area contributed by atoms with Crippen molar-refractivity contribution in [3.05, 3.63) is 24.3 Å². The lowest BCUT2D eigenvalue weighted by Crippen LogP contribution is -2.29. The van der Waals surface area contributed by atoms with Crippen LogP contribution in [-0.4, -0.2) is 24.6 Å². The van der Waals surface area contributed by atoms with Crippen LogP contribution in [0.3, 0.4) is 0 Å². The molecule has 1 aromatic carbocycles. The summed E-state index contributed by atoms with van der Waals surface area (Å²) >= 11 is 1.66. The number of carbonyl (C=O) groups is 2. The van der Waals surface area contributed by atoms with Gasteiger partial charge < -0.3 is 10.6 Å². The molecule has 0 bridgehead atoms. The van der Waals surface area contributed by atoms with Crippen molar-refractivity contribution < 1.29 is 9.59 Å². The van der Waals surface area contributed by atoms with Gasteiger partial charge in [-0.2, -0.15) is 0 Å². The summed E-state index contributed by atoms with van der Waals surface area (Å²) in [5.74, 6) is 0.664. The highest BCUT2D eigenvalue weighted by atomic mass is 32.2. The third-order valence-electron chi connectivity index (χ3n) is 3.47. The Hall–Kier alpha value is -1.49. The van der Waals surface area contributed by atoms with Gasteiger partial charge in [-0.25, -0.2) is 0 Å². The van der Waals surface area contributed by atoms with E-state index >= 15 is 0 Å². The van der Waals surface area contributed by atoms with Crippen molar-refractivity contribution in [3.8, 4) is 0 Å². The summed E-state index contributed by atoms with van der Waals surface area (Å²) in [5.41, 5.74) is 0.787. The molecule has 2 atom stereocenters. The monoisotopic (exact) mass is 292 g/mol. The van der Waals surface area contributed by atoms with Crippen LogP contribution in [0.5, 0.6) is 0 Å². The topological polar surface area (TPSA) is 58.2 Å². The van der Waals surface area contributed by atoms with Crippen LogP contribution in [-0.2, 0) is 9.59 Å². The Morgan fingerprint density at radius 1 is 1.30 bits per heavy atom. The second-order valence-electron chi connectivity index (χ2n) is 5.14. The van der Waals surface area contributed by atoms with Crippen LogP contribution in [0.25, 0.3) is 0 Å². The summed E-state index contributed by atoms with van der Waals surface area (Å²) in [6.45, 7) is 2.46. The summed E-state index contributed by atoms with van der Waals surface area (Å²) in [7, 11) is 0. The molecule has 0 radical (unpaired) electrons. The summed E-state index contributed by atoms with van der Waals surface area (Å²) in [6.07, 6.45) is 3.29. The fourth-order valence-electron chi connectivity index (χ4n) is 2.02. The van der Waals surface area contributed by atoms with Gasteiger partial charge >= 0.3 is 0 Å². The highest BCUT2D eigenvalue weighted by Gasteiger charge is 2.38. The summed E-state index contributed by atoms with van der Waals surface area (Å²) in [4.78, 5) is 24.5. The Labute approximate surface area is 123 Å². The van der Waals surface area contributed by atoms with E-state index in [2.05, 4.69) is 17.6 Å². The zero-order chi connectivity index (χ0) is 14.5. The number of benzene rings is 1. The molecule has 4 nitrogen and oxygen atoms in total. The molecule has 1 saturated carbocycles. The second kappa shape index (κ2) is 6.79. The van der Waals surface area contributed by atoms with Crippen LogP contribution in [0.4, 0.5) is 5.69 Å². The number of anilines is 1. The zero-order valence-corrected chi connectivity index (χ0v) is 12.6. The van der Waals surface area contributed by atoms with Crippen molar-refractivity contribution in [2.24, 2.45) is 11.8 Å². The standard InChI is InChI=1S/C15H20N2O2S/c1-10-9-13(10)15(19)16-8-7-14(18)17-11-3-5-12(20-2)6-4-11/h3-6,10,13H,7-9H2,1-2H3,(H,16,19)(H,17,18)/t10-,13-/m0/s1. The lowest BCUT2D eigenvalue weighted by Gasteiger charge is -2.07. The average molecular weight is 292 g/mol. The average Bonchev–Trinajstić information content (AvgIpc) is 3.17. The summed E-state index contributed by atoms with van der Waals surface area (Å²) in [5, 5.41) is 5.63. The highest BCUT2D eigenvalue weighted by molar-refractivity contribution is 7.98. The number of hydrogen-bond acceptors (Lipinski definition) is 3. The molecule has 0 spiro atoms. The first kappa shape index (κ1) is 14.9. The van der Waals surface area contributed by atoms with Crippen molar-refractivity contribution in [1.29, 1.82) is 0 Å². The van der Waals surface area contributed by atoms with Gasteiger partial charge in [0.15, 0.2) is 0 Å². The third kappa shape index (κ3) is 4.27. The van der Waals surface area contributed by atoms with E-state index < -0.39 is 0 Å². The van der Waals surface area contributed by atoms with Crippen LogP contribution < -0.4 is 10.6 Å². The van der Waals surface area contributed by atoms with Gasteiger partial charge in [0.05, 0.1) is 0 Å². The van der Waals surface area contributed by atoms with E-state index in [1.54, 1.807) is 11.8 Å². The number of rotatable bonds is 6. The van der Waals surface area contributed by atoms with E-state index in [-0.39, 0.29) is 17.7 Å². The first-order valence-corrected chi connectivity index (χ1v) is 8.04. The molecule has 2 rings (SSSR count). The Bertz CT molecular complexity index is 487. The smallest absolute Gasteiger partial charge is 0.226 e. The van der Waals surface area contributed by atoms with Crippen LogP contribution in [0.2, 0.25) is 0 Å². The van der Waals surface area contributed by atoms with Crippen molar-refractivity contribution in [3.63, 3.8) is 0 Å². The summed E-state index contributed by atoms with van der Waals surface area (Å²) in [6, 6.07) is 7.70. The molecule has 5 heteroatoms. The fraction of sp³-hybridized carbons (Fsp3) is 0.467. The molecule has 1 aromatic rings. The molecule has 1 aliphatic carbocycles. The molecule has 0 saturated heterocycles. The first-order chi connectivity index (χ1) is 9.60. The predicted molar refractivity (Wildman–Crippen MR) is 81.8 cm³/mol. The van der Waals surface area contributed by atoms with Crippen molar-refractivity contribution in [2.75, 3.05) is 18.1 Å². The molecule has 1 fully saturated rings. The van der Waals surface area contributed by atoms with Gasteiger partial charge in [0, 0.05) is 29.5 Å². The van der Waals surface area contributed by atoms with Gasteiger partial charge in [0.25, 0.3) is 0 Å². The maximum atomic E-state index is 11.7. The molecule has 20 heavy (non-hydrogen) atoms. The van der Waals surface area contributed by atoms with Gasteiger partial charge in [-0.05, 0) is 42.9 Å². The Kier molecular flexibility index (Phi) is 5.06. The minimum atomic E-state index is -0.0777. The zero-order valence-electron chi connectivity index (χ0n) is 11.8. The lowest BCUT2D eigenvalue weighted by atomic mass is 10.3. The number of nitrogens with one attached hydrogen (secondary N) is 2. The van der Waals surface area contributed by atoms with E-state index in [4.69, 9.17) is 0 Å². The largest absolute Gasteiger partial charge is 0.355 e. The molecule has 0 heterocycles. The quantitative estimate of drug-likeness (QED) is 0.792. The van der Waals surface area contributed by atoms with Crippen LogP contribution >= 0.6 is 11.8 Å². The minimum absolute atomic E-state index is 0.0777. The van der Waals surface area contributed by atoms with Crippen LogP contribution in [0.1, 0.15) is 19.8 Å². The molecular weight excluding hydrogens is 272 g/mol. The van der Waals surface area contributed by atoms with Gasteiger partial charge in [-0.15, -0.1) is 11.8 Å². The van der Waals surface area contributed by atoms with E-state index in [1.807, 2.05) is 30.5 Å². The van der Waals surface area contributed by atoms with Crippen molar-refractivity contribution in [2.45, 2.75) is 24.7 Å². The second-order valence-corrected chi connectivity index (χ2v) is 6.02. The fourth-order valence-corrected chi connectivity index (χ4v) is 2.42. The first-order valence-electron chi connectivity index (χ1n) is 6.81.